The molecule has 0 heterocycles. The topological polar surface area (TPSA) is 27.7 Å². The number of hydrogen-bond acceptors (Lipinski definition) is 3. The molecule has 0 fully saturated rings. The van der Waals surface area contributed by atoms with Gasteiger partial charge in [-0.25, -0.2) is 0 Å². The summed E-state index contributed by atoms with van der Waals surface area (Å²) in [5, 5.41) is 0. The molecule has 68 valence electrons. The van der Waals surface area contributed by atoms with Crippen LogP contribution in [0.5, 0.6) is 0 Å². The van der Waals surface area contributed by atoms with E-state index in [-0.39, 0.29) is 5.60 Å². The van der Waals surface area contributed by atoms with Gasteiger partial charge >= 0.3 is 0 Å². The van der Waals surface area contributed by atoms with Crippen molar-refractivity contribution < 1.29 is 14.2 Å². The Morgan fingerprint density at radius 1 is 1.09 bits per heavy atom. The van der Waals surface area contributed by atoms with E-state index in [1.165, 1.54) is 0 Å². The quantitative estimate of drug-likeness (QED) is 0.585. The predicted molar refractivity (Wildman–Crippen MR) is 43.8 cm³/mol. The molecule has 3 heteroatoms. The van der Waals surface area contributed by atoms with Crippen molar-refractivity contribution in [2.45, 2.75) is 19.4 Å². The molecule has 0 atom stereocenters. The van der Waals surface area contributed by atoms with Gasteiger partial charge in [-0.2, -0.15) is 0 Å². The Kier molecular flexibility index (Phi) is 5.46. The van der Waals surface area contributed by atoms with Crippen LogP contribution in [-0.2, 0) is 14.2 Å². The van der Waals surface area contributed by atoms with Gasteiger partial charge in [-0.15, -0.1) is 0 Å². The van der Waals surface area contributed by atoms with Crippen molar-refractivity contribution >= 4 is 0 Å². The zero-order chi connectivity index (χ0) is 8.74. The van der Waals surface area contributed by atoms with Gasteiger partial charge in [0.1, 0.15) is 5.60 Å². The second-order valence-electron chi connectivity index (χ2n) is 2.75. The smallest absolute Gasteiger partial charge is 0.112 e. The molecule has 0 rings (SSSR count). The van der Waals surface area contributed by atoms with E-state index in [9.17, 15) is 0 Å². The van der Waals surface area contributed by atoms with Gasteiger partial charge in [-0.05, 0) is 13.8 Å². The molecule has 0 radical (unpaired) electrons. The van der Waals surface area contributed by atoms with Crippen molar-refractivity contribution in [3.05, 3.63) is 0 Å². The fraction of sp³-hybridized carbons (Fsp3) is 1.00. The first-order valence-corrected chi connectivity index (χ1v) is 3.80. The standard InChI is InChI=1S/C8H18O3/c1-5-11-8(2,6-9-3)7-10-4/h5-7H2,1-4H3. The lowest BCUT2D eigenvalue weighted by atomic mass is 10.1. The molecule has 0 aromatic heterocycles. The van der Waals surface area contributed by atoms with E-state index in [1.807, 2.05) is 13.8 Å². The van der Waals surface area contributed by atoms with Crippen LogP contribution >= 0.6 is 0 Å². The van der Waals surface area contributed by atoms with Gasteiger partial charge in [0.15, 0.2) is 0 Å². The summed E-state index contributed by atoms with van der Waals surface area (Å²) in [4.78, 5) is 0. The summed E-state index contributed by atoms with van der Waals surface area (Å²) in [7, 11) is 3.32. The molecule has 0 spiro atoms. The molecule has 0 bridgehead atoms. The highest BCUT2D eigenvalue weighted by molar-refractivity contribution is 4.73. The lowest BCUT2D eigenvalue weighted by molar-refractivity contribution is -0.108. The molecule has 0 amide bonds. The van der Waals surface area contributed by atoms with Crippen LogP contribution in [0.25, 0.3) is 0 Å². The third-order valence-electron chi connectivity index (χ3n) is 1.39. The second kappa shape index (κ2) is 5.52. The number of hydrogen-bond donors (Lipinski definition) is 0. The van der Waals surface area contributed by atoms with Crippen LogP contribution in [-0.4, -0.2) is 39.6 Å². The zero-order valence-corrected chi connectivity index (χ0v) is 7.85. The molecule has 0 aromatic rings. The molecule has 0 unspecified atom stereocenters. The molecule has 3 nitrogen and oxygen atoms in total. The van der Waals surface area contributed by atoms with Crippen molar-refractivity contribution in [2.75, 3.05) is 34.0 Å². The molecular weight excluding hydrogens is 144 g/mol. The highest BCUT2D eigenvalue weighted by atomic mass is 16.6. The van der Waals surface area contributed by atoms with Gasteiger partial charge in [-0.3, -0.25) is 0 Å². The zero-order valence-electron chi connectivity index (χ0n) is 7.85. The Hall–Kier alpha value is -0.120. The Bertz CT molecular complexity index is 76.3. The minimum Gasteiger partial charge on any atom is -0.382 e. The third kappa shape index (κ3) is 4.35. The van der Waals surface area contributed by atoms with Crippen molar-refractivity contribution in [3.8, 4) is 0 Å². The van der Waals surface area contributed by atoms with Crippen molar-refractivity contribution in [1.82, 2.24) is 0 Å². The average molecular weight is 162 g/mol. The summed E-state index contributed by atoms with van der Waals surface area (Å²) < 4.78 is 15.5. The van der Waals surface area contributed by atoms with Crippen LogP contribution in [0.1, 0.15) is 13.8 Å². The fourth-order valence-corrected chi connectivity index (χ4v) is 1.08. The average Bonchev–Trinajstić information content (AvgIpc) is 1.88. The van der Waals surface area contributed by atoms with Crippen LogP contribution in [0, 0.1) is 0 Å². The van der Waals surface area contributed by atoms with Gasteiger partial charge in [0.2, 0.25) is 0 Å². The molecular formula is C8H18O3. The van der Waals surface area contributed by atoms with Gasteiger partial charge in [0.25, 0.3) is 0 Å². The van der Waals surface area contributed by atoms with Crippen molar-refractivity contribution in [2.24, 2.45) is 0 Å². The van der Waals surface area contributed by atoms with E-state index in [1.54, 1.807) is 14.2 Å². The monoisotopic (exact) mass is 162 g/mol. The molecule has 0 aliphatic heterocycles. The van der Waals surface area contributed by atoms with Crippen LogP contribution < -0.4 is 0 Å². The third-order valence-corrected chi connectivity index (χ3v) is 1.39. The molecule has 0 saturated heterocycles. The molecule has 0 saturated carbocycles. The van der Waals surface area contributed by atoms with Crippen molar-refractivity contribution in [3.63, 3.8) is 0 Å². The number of rotatable bonds is 6. The molecule has 0 aliphatic carbocycles. The summed E-state index contributed by atoms with van der Waals surface area (Å²) in [5.41, 5.74) is -0.293. The van der Waals surface area contributed by atoms with Crippen LogP contribution in [0.3, 0.4) is 0 Å². The lowest BCUT2D eigenvalue weighted by Crippen LogP contribution is -2.38. The minimum atomic E-state index is -0.293. The number of methoxy groups -OCH3 is 2. The maximum atomic E-state index is 5.46. The Morgan fingerprint density at radius 2 is 1.55 bits per heavy atom. The first-order valence-electron chi connectivity index (χ1n) is 3.80. The normalized spacial score (nSPS) is 12.0. The molecule has 0 N–H and O–H groups in total. The first kappa shape index (κ1) is 10.9. The van der Waals surface area contributed by atoms with Crippen LogP contribution in [0.15, 0.2) is 0 Å². The van der Waals surface area contributed by atoms with E-state index in [0.717, 1.165) is 0 Å². The van der Waals surface area contributed by atoms with Gasteiger partial charge < -0.3 is 14.2 Å². The predicted octanol–water partition coefficient (Wildman–Crippen LogP) is 1.07. The largest absolute Gasteiger partial charge is 0.382 e. The SMILES string of the molecule is CCOC(C)(COC)COC. The molecule has 0 aromatic carbocycles. The maximum Gasteiger partial charge on any atom is 0.112 e. The Morgan fingerprint density at radius 3 is 1.82 bits per heavy atom. The van der Waals surface area contributed by atoms with E-state index in [2.05, 4.69) is 0 Å². The Balaban J connectivity index is 3.79. The Labute approximate surface area is 68.6 Å². The highest BCUT2D eigenvalue weighted by Gasteiger charge is 2.24. The molecule has 0 aliphatic rings. The van der Waals surface area contributed by atoms with Crippen LogP contribution in [0.2, 0.25) is 0 Å². The lowest BCUT2D eigenvalue weighted by Gasteiger charge is -2.27. The first-order chi connectivity index (χ1) is 5.18. The van der Waals surface area contributed by atoms with Gasteiger partial charge in [0, 0.05) is 20.8 Å². The highest BCUT2D eigenvalue weighted by Crippen LogP contribution is 2.10. The van der Waals surface area contributed by atoms with Gasteiger partial charge in [-0.1, -0.05) is 0 Å². The summed E-state index contributed by atoms with van der Waals surface area (Å²) in [6.07, 6.45) is 0. The summed E-state index contributed by atoms with van der Waals surface area (Å²) >= 11 is 0. The minimum absolute atomic E-state index is 0.293. The van der Waals surface area contributed by atoms with Gasteiger partial charge in [0.05, 0.1) is 13.2 Å². The van der Waals surface area contributed by atoms with E-state index in [4.69, 9.17) is 14.2 Å². The van der Waals surface area contributed by atoms with E-state index < -0.39 is 0 Å². The van der Waals surface area contributed by atoms with Crippen LogP contribution in [0.4, 0.5) is 0 Å². The summed E-state index contributed by atoms with van der Waals surface area (Å²) in [6, 6.07) is 0. The van der Waals surface area contributed by atoms with E-state index in [0.29, 0.717) is 19.8 Å². The van der Waals surface area contributed by atoms with Crippen molar-refractivity contribution in [1.29, 1.82) is 0 Å². The summed E-state index contributed by atoms with van der Waals surface area (Å²) in [6.45, 7) is 5.75. The molecule has 11 heavy (non-hydrogen) atoms. The maximum absolute atomic E-state index is 5.46. The van der Waals surface area contributed by atoms with E-state index >= 15 is 0 Å². The number of ether oxygens (including phenoxy) is 3. The summed E-state index contributed by atoms with van der Waals surface area (Å²) in [5.74, 6) is 0. The fourth-order valence-electron chi connectivity index (χ4n) is 1.08. The second-order valence-corrected chi connectivity index (χ2v) is 2.75.